The maximum absolute atomic E-state index is 10.1. The predicted molar refractivity (Wildman–Crippen MR) is 75.1 cm³/mol. The topological polar surface area (TPSA) is 32.7 Å². The average molecular weight is 251 g/mol. The Morgan fingerprint density at radius 1 is 1.39 bits per heavy atom. The number of aliphatic hydroxyl groups excluding tert-OH is 1. The van der Waals surface area contributed by atoms with Crippen LogP contribution in [-0.2, 0) is 4.74 Å². The molecule has 1 unspecified atom stereocenters. The SMILES string of the molecule is C=C(/C=C\C=C(\C)CC(O)N1CCCCC1)OC. The molecule has 1 heterocycles. The van der Waals surface area contributed by atoms with E-state index in [0.29, 0.717) is 12.2 Å². The lowest BCUT2D eigenvalue weighted by atomic mass is 10.1. The van der Waals surface area contributed by atoms with Crippen molar-refractivity contribution in [1.82, 2.24) is 4.90 Å². The van der Waals surface area contributed by atoms with Crippen molar-refractivity contribution in [3.05, 3.63) is 36.1 Å². The normalized spacial score (nSPS) is 20.1. The molecule has 3 heteroatoms. The lowest BCUT2D eigenvalue weighted by Crippen LogP contribution is -2.39. The molecule has 3 nitrogen and oxygen atoms in total. The monoisotopic (exact) mass is 251 g/mol. The number of nitrogens with zero attached hydrogens (tertiary/aromatic N) is 1. The second-order valence-electron chi connectivity index (χ2n) is 4.82. The van der Waals surface area contributed by atoms with Gasteiger partial charge in [-0.2, -0.15) is 0 Å². The van der Waals surface area contributed by atoms with Crippen LogP contribution in [0.15, 0.2) is 36.1 Å². The van der Waals surface area contributed by atoms with Crippen molar-refractivity contribution in [3.63, 3.8) is 0 Å². The third-order valence-electron chi connectivity index (χ3n) is 3.24. The standard InChI is InChI=1S/C15H25NO2/c1-13(8-7-9-14(2)18-3)12-15(17)16-10-5-4-6-11-16/h7-9,15,17H,2,4-6,10-12H2,1,3H3/b9-7-,13-8-. The highest BCUT2D eigenvalue weighted by atomic mass is 16.5. The van der Waals surface area contributed by atoms with Gasteiger partial charge in [0.05, 0.1) is 7.11 Å². The summed E-state index contributed by atoms with van der Waals surface area (Å²) in [7, 11) is 1.60. The molecule has 1 atom stereocenters. The summed E-state index contributed by atoms with van der Waals surface area (Å²) in [5.74, 6) is 0.635. The Morgan fingerprint density at radius 3 is 2.67 bits per heavy atom. The number of methoxy groups -OCH3 is 1. The van der Waals surface area contributed by atoms with Gasteiger partial charge in [-0.1, -0.05) is 30.7 Å². The first kappa shape index (κ1) is 15.0. The van der Waals surface area contributed by atoms with E-state index in [1.54, 1.807) is 7.11 Å². The van der Waals surface area contributed by atoms with Gasteiger partial charge in [-0.25, -0.2) is 0 Å². The van der Waals surface area contributed by atoms with Gasteiger partial charge in [-0.15, -0.1) is 0 Å². The molecule has 102 valence electrons. The van der Waals surface area contributed by atoms with E-state index in [4.69, 9.17) is 4.74 Å². The van der Waals surface area contributed by atoms with Gasteiger partial charge in [0.2, 0.25) is 0 Å². The van der Waals surface area contributed by atoms with E-state index in [0.717, 1.165) is 18.7 Å². The van der Waals surface area contributed by atoms with Gasteiger partial charge in [-0.05, 0) is 25.8 Å². The fourth-order valence-electron chi connectivity index (χ4n) is 2.09. The molecule has 1 rings (SSSR count). The number of ether oxygens (including phenoxy) is 1. The van der Waals surface area contributed by atoms with E-state index in [9.17, 15) is 5.11 Å². The molecule has 1 aliphatic heterocycles. The number of aliphatic hydroxyl groups is 1. The van der Waals surface area contributed by atoms with Crippen LogP contribution in [0.2, 0.25) is 0 Å². The van der Waals surface area contributed by atoms with Crippen LogP contribution in [0.3, 0.4) is 0 Å². The van der Waals surface area contributed by atoms with E-state index in [-0.39, 0.29) is 6.23 Å². The third-order valence-corrected chi connectivity index (χ3v) is 3.24. The second-order valence-corrected chi connectivity index (χ2v) is 4.82. The molecule has 0 saturated carbocycles. The zero-order valence-electron chi connectivity index (χ0n) is 11.6. The predicted octanol–water partition coefficient (Wildman–Crippen LogP) is 2.84. The lowest BCUT2D eigenvalue weighted by Gasteiger charge is -2.31. The highest BCUT2D eigenvalue weighted by Crippen LogP contribution is 2.15. The van der Waals surface area contributed by atoms with Crippen molar-refractivity contribution in [1.29, 1.82) is 0 Å². The second kappa shape index (κ2) is 8.11. The van der Waals surface area contributed by atoms with Crippen molar-refractivity contribution in [2.45, 2.75) is 38.8 Å². The van der Waals surface area contributed by atoms with Gasteiger partial charge in [0, 0.05) is 19.5 Å². The smallest absolute Gasteiger partial charge is 0.111 e. The maximum atomic E-state index is 10.1. The van der Waals surface area contributed by atoms with Crippen LogP contribution < -0.4 is 0 Å². The van der Waals surface area contributed by atoms with Crippen LogP contribution >= 0.6 is 0 Å². The van der Waals surface area contributed by atoms with Crippen LogP contribution in [0.1, 0.15) is 32.6 Å². The summed E-state index contributed by atoms with van der Waals surface area (Å²) in [6.07, 6.45) is 9.77. The van der Waals surface area contributed by atoms with Gasteiger partial charge in [0.15, 0.2) is 0 Å². The highest BCUT2D eigenvalue weighted by Gasteiger charge is 2.17. The molecule has 0 amide bonds. The molecule has 0 aromatic heterocycles. The molecule has 1 fully saturated rings. The Kier molecular flexibility index (Phi) is 6.76. The fourth-order valence-corrected chi connectivity index (χ4v) is 2.09. The first-order valence-corrected chi connectivity index (χ1v) is 6.62. The Balaban J connectivity index is 2.37. The minimum absolute atomic E-state index is 0.347. The van der Waals surface area contributed by atoms with Crippen LogP contribution in [0, 0.1) is 0 Å². The maximum Gasteiger partial charge on any atom is 0.111 e. The third kappa shape index (κ3) is 5.52. The van der Waals surface area contributed by atoms with Gasteiger partial charge >= 0.3 is 0 Å². The Bertz CT molecular complexity index is 314. The first-order valence-electron chi connectivity index (χ1n) is 6.62. The largest absolute Gasteiger partial charge is 0.497 e. The summed E-state index contributed by atoms with van der Waals surface area (Å²) in [5, 5.41) is 10.1. The van der Waals surface area contributed by atoms with Gasteiger partial charge in [-0.3, -0.25) is 4.90 Å². The summed E-state index contributed by atoms with van der Waals surface area (Å²) in [4.78, 5) is 2.17. The quantitative estimate of drug-likeness (QED) is 0.582. The van der Waals surface area contributed by atoms with Gasteiger partial charge < -0.3 is 9.84 Å². The zero-order valence-corrected chi connectivity index (χ0v) is 11.6. The van der Waals surface area contributed by atoms with Gasteiger partial charge in [0.1, 0.15) is 12.0 Å². The molecule has 1 aliphatic rings. The molecule has 18 heavy (non-hydrogen) atoms. The Hall–Kier alpha value is -1.06. The average Bonchev–Trinajstić information content (AvgIpc) is 2.39. The van der Waals surface area contributed by atoms with E-state index < -0.39 is 0 Å². The van der Waals surface area contributed by atoms with Gasteiger partial charge in [0.25, 0.3) is 0 Å². The number of piperidine rings is 1. The van der Waals surface area contributed by atoms with E-state index in [1.807, 2.05) is 25.2 Å². The van der Waals surface area contributed by atoms with Crippen molar-refractivity contribution >= 4 is 0 Å². The first-order chi connectivity index (χ1) is 8.63. The van der Waals surface area contributed by atoms with Crippen molar-refractivity contribution in [2.24, 2.45) is 0 Å². The minimum Gasteiger partial charge on any atom is -0.497 e. The lowest BCUT2D eigenvalue weighted by molar-refractivity contribution is -0.00689. The Labute approximate surface area is 110 Å². The van der Waals surface area contributed by atoms with E-state index in [1.165, 1.54) is 19.3 Å². The van der Waals surface area contributed by atoms with Crippen LogP contribution in [0.25, 0.3) is 0 Å². The minimum atomic E-state index is -0.347. The number of likely N-dealkylation sites (tertiary alicyclic amines) is 1. The molecule has 0 radical (unpaired) electrons. The molecule has 0 aliphatic carbocycles. The fraction of sp³-hybridized carbons (Fsp3) is 0.600. The molecule has 1 saturated heterocycles. The molecule has 0 bridgehead atoms. The highest BCUT2D eigenvalue weighted by molar-refractivity contribution is 5.17. The van der Waals surface area contributed by atoms with Crippen molar-refractivity contribution in [2.75, 3.05) is 20.2 Å². The molecule has 1 N–H and O–H groups in total. The van der Waals surface area contributed by atoms with Crippen LogP contribution in [0.5, 0.6) is 0 Å². The summed E-state index contributed by atoms with van der Waals surface area (Å²) in [5.41, 5.74) is 1.16. The number of rotatable bonds is 6. The molecule has 0 aromatic rings. The summed E-state index contributed by atoms with van der Waals surface area (Å²) >= 11 is 0. The molecule has 0 aromatic carbocycles. The summed E-state index contributed by atoms with van der Waals surface area (Å²) in [6, 6.07) is 0. The van der Waals surface area contributed by atoms with Crippen LogP contribution in [-0.4, -0.2) is 36.4 Å². The molecular formula is C15H25NO2. The number of allylic oxidation sites excluding steroid dienone is 3. The van der Waals surface area contributed by atoms with Crippen molar-refractivity contribution < 1.29 is 9.84 Å². The summed E-state index contributed by atoms with van der Waals surface area (Å²) < 4.78 is 4.94. The van der Waals surface area contributed by atoms with Crippen molar-refractivity contribution in [3.8, 4) is 0 Å². The number of hydrogen-bond acceptors (Lipinski definition) is 3. The summed E-state index contributed by atoms with van der Waals surface area (Å²) in [6.45, 7) is 7.78. The molecular weight excluding hydrogens is 226 g/mol. The van der Waals surface area contributed by atoms with E-state index >= 15 is 0 Å². The zero-order chi connectivity index (χ0) is 13.4. The van der Waals surface area contributed by atoms with Crippen LogP contribution in [0.4, 0.5) is 0 Å². The van der Waals surface area contributed by atoms with E-state index in [2.05, 4.69) is 11.5 Å². The Morgan fingerprint density at radius 2 is 2.06 bits per heavy atom. The molecule has 0 spiro atoms. The number of hydrogen-bond donors (Lipinski definition) is 1.